The smallest absolute Gasteiger partial charge is 0.410 e. The number of aromatic amines is 1. The lowest BCUT2D eigenvalue weighted by atomic mass is 10.0. The molecule has 0 unspecified atom stereocenters. The molecule has 1 fully saturated rings. The van der Waals surface area contributed by atoms with E-state index in [1.54, 1.807) is 11.8 Å². The first-order chi connectivity index (χ1) is 15.2. The molecule has 1 aromatic heterocycles. The van der Waals surface area contributed by atoms with Crippen LogP contribution in [0.15, 0.2) is 54.7 Å². The van der Waals surface area contributed by atoms with Crippen LogP contribution in [0.25, 0.3) is 22.4 Å². The second-order valence-electron chi connectivity index (χ2n) is 9.22. The molecule has 0 aliphatic carbocycles. The highest BCUT2D eigenvalue weighted by molar-refractivity contribution is 5.94. The van der Waals surface area contributed by atoms with E-state index in [1.807, 2.05) is 63.4 Å². The van der Waals surface area contributed by atoms with Crippen LogP contribution in [0, 0.1) is 0 Å². The number of carbonyl (C=O) groups excluding carboxylic acids is 2. The van der Waals surface area contributed by atoms with Gasteiger partial charge in [0.1, 0.15) is 11.4 Å². The van der Waals surface area contributed by atoms with Gasteiger partial charge in [-0.15, -0.1) is 0 Å². The molecule has 2 aromatic carbocycles. The van der Waals surface area contributed by atoms with Gasteiger partial charge in [0, 0.05) is 12.1 Å². The number of nitrogens with one attached hydrogen (secondary N) is 1. The van der Waals surface area contributed by atoms with Gasteiger partial charge in [-0.1, -0.05) is 48.5 Å². The molecule has 32 heavy (non-hydrogen) atoms. The lowest BCUT2D eigenvalue weighted by Gasteiger charge is -2.27. The van der Waals surface area contributed by atoms with Crippen molar-refractivity contribution in [2.75, 3.05) is 6.54 Å². The molecule has 4 rings (SSSR count). The fraction of sp³-hybridized carbons (Fsp3) is 0.346. The number of aromatic nitrogens is 2. The molecule has 6 nitrogen and oxygen atoms in total. The van der Waals surface area contributed by atoms with Crippen LogP contribution in [0.3, 0.4) is 0 Å². The van der Waals surface area contributed by atoms with E-state index in [-0.39, 0.29) is 17.9 Å². The SMILES string of the molecule is CC(=O)c1ccc(-c2ccc(-c3cnc([C@@H]4CCCN4C(=O)OC(C)(C)C)[nH]3)cc2)cc1. The first-order valence-electron chi connectivity index (χ1n) is 11.0. The molecule has 6 heteroatoms. The second kappa shape index (κ2) is 8.61. The average molecular weight is 432 g/mol. The average Bonchev–Trinajstić information content (AvgIpc) is 3.42. The van der Waals surface area contributed by atoms with Crippen LogP contribution in [-0.2, 0) is 4.74 Å². The third kappa shape index (κ3) is 4.74. The highest BCUT2D eigenvalue weighted by atomic mass is 16.6. The van der Waals surface area contributed by atoms with Crippen molar-refractivity contribution in [2.24, 2.45) is 0 Å². The van der Waals surface area contributed by atoms with Crippen molar-refractivity contribution in [3.8, 4) is 22.4 Å². The van der Waals surface area contributed by atoms with E-state index in [0.717, 1.165) is 41.1 Å². The maximum Gasteiger partial charge on any atom is 0.410 e. The van der Waals surface area contributed by atoms with E-state index < -0.39 is 5.60 Å². The van der Waals surface area contributed by atoms with E-state index in [9.17, 15) is 9.59 Å². The predicted molar refractivity (Wildman–Crippen MR) is 124 cm³/mol. The summed E-state index contributed by atoms with van der Waals surface area (Å²) in [6.45, 7) is 7.88. The highest BCUT2D eigenvalue weighted by Gasteiger charge is 2.34. The van der Waals surface area contributed by atoms with Crippen LogP contribution in [0.2, 0.25) is 0 Å². The van der Waals surface area contributed by atoms with Crippen LogP contribution in [0.4, 0.5) is 4.79 Å². The van der Waals surface area contributed by atoms with Gasteiger partial charge in [0.05, 0.1) is 17.9 Å². The van der Waals surface area contributed by atoms with Crippen LogP contribution in [-0.4, -0.2) is 38.9 Å². The number of rotatable bonds is 4. The highest BCUT2D eigenvalue weighted by Crippen LogP contribution is 2.33. The minimum atomic E-state index is -0.521. The summed E-state index contributed by atoms with van der Waals surface area (Å²) in [6.07, 6.45) is 3.31. The Labute approximate surface area is 188 Å². The fourth-order valence-corrected chi connectivity index (χ4v) is 3.98. The van der Waals surface area contributed by atoms with Crippen molar-refractivity contribution >= 4 is 11.9 Å². The fourth-order valence-electron chi connectivity index (χ4n) is 3.98. The molecule has 166 valence electrons. The summed E-state index contributed by atoms with van der Waals surface area (Å²) in [5, 5.41) is 0. The van der Waals surface area contributed by atoms with Gasteiger partial charge in [-0.05, 0) is 57.2 Å². The van der Waals surface area contributed by atoms with Crippen molar-refractivity contribution < 1.29 is 14.3 Å². The van der Waals surface area contributed by atoms with Gasteiger partial charge in [0.15, 0.2) is 5.78 Å². The summed E-state index contributed by atoms with van der Waals surface area (Å²) in [6, 6.07) is 15.7. The Morgan fingerprint density at radius 3 is 2.19 bits per heavy atom. The van der Waals surface area contributed by atoms with Crippen LogP contribution < -0.4 is 0 Å². The monoisotopic (exact) mass is 431 g/mol. The Bertz CT molecular complexity index is 1110. The summed E-state index contributed by atoms with van der Waals surface area (Å²) < 4.78 is 5.57. The van der Waals surface area contributed by atoms with Crippen molar-refractivity contribution in [3.05, 3.63) is 66.1 Å². The summed E-state index contributed by atoms with van der Waals surface area (Å²) >= 11 is 0. The molecule has 0 bridgehead atoms. The van der Waals surface area contributed by atoms with Gasteiger partial charge in [0.2, 0.25) is 0 Å². The number of ketones is 1. The second-order valence-corrected chi connectivity index (χ2v) is 9.22. The molecule has 0 saturated carbocycles. The Morgan fingerprint density at radius 2 is 1.59 bits per heavy atom. The number of amides is 1. The van der Waals surface area contributed by atoms with E-state index in [0.29, 0.717) is 12.1 Å². The minimum Gasteiger partial charge on any atom is -0.444 e. The van der Waals surface area contributed by atoms with Crippen molar-refractivity contribution in [3.63, 3.8) is 0 Å². The maximum atomic E-state index is 12.6. The van der Waals surface area contributed by atoms with Crippen molar-refractivity contribution in [1.29, 1.82) is 0 Å². The molecule has 1 amide bonds. The van der Waals surface area contributed by atoms with Gasteiger partial charge < -0.3 is 9.72 Å². The molecule has 0 radical (unpaired) electrons. The predicted octanol–water partition coefficient (Wildman–Crippen LogP) is 6.02. The zero-order valence-electron chi connectivity index (χ0n) is 19.0. The number of H-pyrrole nitrogens is 1. The van der Waals surface area contributed by atoms with Gasteiger partial charge in [-0.2, -0.15) is 0 Å². The Hall–Kier alpha value is -3.41. The molecular weight excluding hydrogens is 402 g/mol. The zero-order valence-corrected chi connectivity index (χ0v) is 19.0. The Morgan fingerprint density at radius 1 is 1.00 bits per heavy atom. The van der Waals surface area contributed by atoms with Crippen LogP contribution in [0.1, 0.15) is 62.8 Å². The Balaban J connectivity index is 1.49. The van der Waals surface area contributed by atoms with Gasteiger partial charge in [-0.25, -0.2) is 9.78 Å². The van der Waals surface area contributed by atoms with Gasteiger partial charge in [-0.3, -0.25) is 9.69 Å². The lowest BCUT2D eigenvalue weighted by molar-refractivity contribution is 0.0218. The summed E-state index contributed by atoms with van der Waals surface area (Å²) in [4.78, 5) is 33.8. The van der Waals surface area contributed by atoms with E-state index in [4.69, 9.17) is 4.74 Å². The number of nitrogens with zero attached hydrogens (tertiary/aromatic N) is 2. The quantitative estimate of drug-likeness (QED) is 0.513. The molecule has 1 aliphatic heterocycles. The molecule has 0 spiro atoms. The summed E-state index contributed by atoms with van der Waals surface area (Å²) in [7, 11) is 0. The number of likely N-dealkylation sites (tertiary alicyclic amines) is 1. The van der Waals surface area contributed by atoms with E-state index >= 15 is 0 Å². The van der Waals surface area contributed by atoms with Crippen LogP contribution >= 0.6 is 0 Å². The molecule has 1 aliphatic rings. The normalized spacial score (nSPS) is 16.2. The third-order valence-corrected chi connectivity index (χ3v) is 5.61. The molecule has 1 saturated heterocycles. The number of imidazole rings is 1. The number of benzene rings is 2. The number of ether oxygens (including phenoxy) is 1. The van der Waals surface area contributed by atoms with E-state index in [1.165, 1.54) is 0 Å². The molecular formula is C26H29N3O3. The van der Waals surface area contributed by atoms with E-state index in [2.05, 4.69) is 22.1 Å². The third-order valence-electron chi connectivity index (χ3n) is 5.61. The molecule has 3 aromatic rings. The summed E-state index contributed by atoms with van der Waals surface area (Å²) in [5.74, 6) is 0.849. The number of carbonyl (C=O) groups is 2. The van der Waals surface area contributed by atoms with Crippen molar-refractivity contribution in [1.82, 2.24) is 14.9 Å². The number of hydrogen-bond acceptors (Lipinski definition) is 4. The maximum absolute atomic E-state index is 12.6. The van der Waals surface area contributed by atoms with Crippen molar-refractivity contribution in [2.45, 2.75) is 52.2 Å². The number of hydrogen-bond donors (Lipinski definition) is 1. The first-order valence-corrected chi connectivity index (χ1v) is 11.0. The Kier molecular flexibility index (Phi) is 5.87. The van der Waals surface area contributed by atoms with Crippen LogP contribution in [0.5, 0.6) is 0 Å². The molecule has 1 N–H and O–H groups in total. The van der Waals surface area contributed by atoms with Gasteiger partial charge >= 0.3 is 6.09 Å². The topological polar surface area (TPSA) is 75.3 Å². The first kappa shape index (κ1) is 21.8. The molecule has 2 heterocycles. The standard InChI is InChI=1S/C26H29N3O3/c1-17(30)18-7-9-19(10-8-18)20-11-13-21(14-12-20)22-16-27-24(28-22)23-6-5-15-29(23)25(31)32-26(2,3)4/h7-14,16,23H,5-6,15H2,1-4H3,(H,27,28)/t23-/m0/s1. The van der Waals surface area contributed by atoms with Gasteiger partial charge in [0.25, 0.3) is 0 Å². The largest absolute Gasteiger partial charge is 0.444 e. The zero-order chi connectivity index (χ0) is 22.9. The minimum absolute atomic E-state index is 0.0643. The number of Topliss-reactive ketones (excluding diaryl/α,β-unsaturated/α-hetero) is 1. The molecule has 1 atom stereocenters. The lowest BCUT2D eigenvalue weighted by Crippen LogP contribution is -2.36. The summed E-state index contributed by atoms with van der Waals surface area (Å²) in [5.41, 5.74) is 4.26.